The zero-order valence-electron chi connectivity index (χ0n) is 11.3. The molecule has 1 aromatic carbocycles. The first-order valence-corrected chi connectivity index (χ1v) is 6.03. The van der Waals surface area contributed by atoms with Gasteiger partial charge in [-0.1, -0.05) is 0 Å². The Balaban J connectivity index is 2.99. The summed E-state index contributed by atoms with van der Waals surface area (Å²) in [6, 6.07) is 6.17. The Bertz CT molecular complexity index is 551. The fourth-order valence-electron chi connectivity index (χ4n) is 1.76. The fourth-order valence-corrected chi connectivity index (χ4v) is 1.76. The summed E-state index contributed by atoms with van der Waals surface area (Å²) in [5.74, 6) is -0.341. The second-order valence-corrected chi connectivity index (χ2v) is 3.98. The molecule has 20 heavy (non-hydrogen) atoms. The number of rotatable bonds is 6. The molecule has 1 rings (SSSR count). The van der Waals surface area contributed by atoms with Crippen molar-refractivity contribution in [3.05, 3.63) is 33.9 Å². The van der Waals surface area contributed by atoms with Gasteiger partial charge in [0.25, 0.3) is 5.69 Å². The van der Waals surface area contributed by atoms with Crippen LogP contribution in [-0.2, 0) is 9.53 Å². The zero-order valence-corrected chi connectivity index (χ0v) is 11.3. The second-order valence-electron chi connectivity index (χ2n) is 3.98. The quantitative estimate of drug-likeness (QED) is 0.447. The summed E-state index contributed by atoms with van der Waals surface area (Å²) < 4.78 is 4.56. The van der Waals surface area contributed by atoms with E-state index in [2.05, 4.69) is 4.74 Å². The molecule has 0 saturated carbocycles. The number of esters is 1. The predicted octanol–water partition coefficient (Wildman–Crippen LogP) is 1.86. The van der Waals surface area contributed by atoms with Gasteiger partial charge in [-0.2, -0.15) is 5.26 Å². The highest BCUT2D eigenvalue weighted by Crippen LogP contribution is 2.25. The summed E-state index contributed by atoms with van der Waals surface area (Å²) in [5, 5.41) is 19.8. The number of methoxy groups -OCH3 is 1. The van der Waals surface area contributed by atoms with E-state index in [0.29, 0.717) is 18.8 Å². The van der Waals surface area contributed by atoms with Gasteiger partial charge in [-0.15, -0.1) is 0 Å². The molecule has 0 bridgehead atoms. The highest BCUT2D eigenvalue weighted by molar-refractivity contribution is 5.70. The lowest BCUT2D eigenvalue weighted by Crippen LogP contribution is -2.26. The normalized spacial score (nSPS) is 9.65. The number of nitro groups is 1. The molecular weight excluding hydrogens is 262 g/mol. The third kappa shape index (κ3) is 3.68. The average molecular weight is 277 g/mol. The SMILES string of the molecule is CCN(CCC(=O)OC)c1ccc(C#N)c([N+](=O)[O-])c1. The number of carbonyl (C=O) groups is 1. The molecule has 106 valence electrons. The van der Waals surface area contributed by atoms with Crippen molar-refractivity contribution in [2.75, 3.05) is 25.1 Å². The van der Waals surface area contributed by atoms with E-state index in [9.17, 15) is 14.9 Å². The lowest BCUT2D eigenvalue weighted by molar-refractivity contribution is -0.385. The monoisotopic (exact) mass is 277 g/mol. The van der Waals surface area contributed by atoms with Crippen molar-refractivity contribution >= 4 is 17.3 Å². The number of hydrogen-bond acceptors (Lipinski definition) is 6. The molecule has 0 fully saturated rings. The number of nitriles is 1. The van der Waals surface area contributed by atoms with Gasteiger partial charge in [-0.3, -0.25) is 14.9 Å². The summed E-state index contributed by atoms with van der Waals surface area (Å²) in [4.78, 5) is 23.3. The minimum atomic E-state index is -0.587. The number of carbonyl (C=O) groups excluding carboxylic acids is 1. The number of benzene rings is 1. The summed E-state index contributed by atoms with van der Waals surface area (Å²) in [5.41, 5.74) is 0.381. The maximum absolute atomic E-state index is 11.1. The average Bonchev–Trinajstić information content (AvgIpc) is 2.47. The molecule has 7 heteroatoms. The van der Waals surface area contributed by atoms with Gasteiger partial charge in [0.1, 0.15) is 11.6 Å². The van der Waals surface area contributed by atoms with Crippen LogP contribution in [0.5, 0.6) is 0 Å². The molecule has 0 heterocycles. The number of ether oxygens (including phenoxy) is 1. The van der Waals surface area contributed by atoms with Crippen molar-refractivity contribution in [2.24, 2.45) is 0 Å². The van der Waals surface area contributed by atoms with Crippen LogP contribution in [0, 0.1) is 21.4 Å². The molecule has 0 atom stereocenters. The predicted molar refractivity (Wildman–Crippen MR) is 72.3 cm³/mol. The maximum Gasteiger partial charge on any atom is 0.307 e. The van der Waals surface area contributed by atoms with Crippen LogP contribution in [0.4, 0.5) is 11.4 Å². The van der Waals surface area contributed by atoms with Crippen LogP contribution < -0.4 is 4.90 Å². The molecule has 1 aromatic rings. The van der Waals surface area contributed by atoms with Crippen molar-refractivity contribution in [3.63, 3.8) is 0 Å². The number of anilines is 1. The van der Waals surface area contributed by atoms with Gasteiger partial charge in [0.05, 0.1) is 18.5 Å². The van der Waals surface area contributed by atoms with Crippen LogP contribution >= 0.6 is 0 Å². The number of hydrogen-bond donors (Lipinski definition) is 0. The van der Waals surface area contributed by atoms with Crippen LogP contribution in [0.1, 0.15) is 18.9 Å². The Morgan fingerprint density at radius 1 is 1.55 bits per heavy atom. The van der Waals surface area contributed by atoms with E-state index in [1.54, 1.807) is 12.1 Å². The molecule has 0 aliphatic heterocycles. The lowest BCUT2D eigenvalue weighted by atomic mass is 10.1. The Kier molecular flexibility index (Phi) is 5.47. The first-order valence-electron chi connectivity index (χ1n) is 6.03. The van der Waals surface area contributed by atoms with Gasteiger partial charge in [0, 0.05) is 24.8 Å². The Labute approximate surface area is 116 Å². The smallest absolute Gasteiger partial charge is 0.307 e. The minimum absolute atomic E-state index is 0.0165. The topological polar surface area (TPSA) is 96.5 Å². The van der Waals surface area contributed by atoms with E-state index in [1.807, 2.05) is 11.8 Å². The molecule has 0 aromatic heterocycles. The van der Waals surface area contributed by atoms with Gasteiger partial charge in [0.2, 0.25) is 0 Å². The largest absolute Gasteiger partial charge is 0.469 e. The molecule has 0 unspecified atom stereocenters. The van der Waals surface area contributed by atoms with Gasteiger partial charge < -0.3 is 9.64 Å². The van der Waals surface area contributed by atoms with Gasteiger partial charge in [0.15, 0.2) is 0 Å². The van der Waals surface area contributed by atoms with Gasteiger partial charge in [-0.25, -0.2) is 0 Å². The van der Waals surface area contributed by atoms with Crippen LogP contribution in [0.3, 0.4) is 0 Å². The summed E-state index contributed by atoms with van der Waals surface area (Å²) in [6.45, 7) is 2.85. The Morgan fingerprint density at radius 2 is 2.25 bits per heavy atom. The maximum atomic E-state index is 11.1. The molecule has 7 nitrogen and oxygen atoms in total. The van der Waals surface area contributed by atoms with Gasteiger partial charge >= 0.3 is 5.97 Å². The number of nitrogens with zero attached hydrogens (tertiary/aromatic N) is 3. The Hall–Kier alpha value is -2.62. The van der Waals surface area contributed by atoms with Gasteiger partial charge in [-0.05, 0) is 19.1 Å². The van der Waals surface area contributed by atoms with Crippen molar-refractivity contribution in [3.8, 4) is 6.07 Å². The van der Waals surface area contributed by atoms with Crippen LogP contribution in [-0.4, -0.2) is 31.1 Å². The lowest BCUT2D eigenvalue weighted by Gasteiger charge is -2.22. The first-order chi connectivity index (χ1) is 9.53. The minimum Gasteiger partial charge on any atom is -0.469 e. The number of nitro benzene ring substituents is 1. The summed E-state index contributed by atoms with van der Waals surface area (Å²) in [6.07, 6.45) is 0.193. The molecular formula is C13H15N3O4. The van der Waals surface area contributed by atoms with E-state index >= 15 is 0 Å². The summed E-state index contributed by atoms with van der Waals surface area (Å²) >= 11 is 0. The van der Waals surface area contributed by atoms with Crippen molar-refractivity contribution < 1.29 is 14.5 Å². The van der Waals surface area contributed by atoms with Crippen molar-refractivity contribution in [1.82, 2.24) is 0 Å². The molecule has 0 aliphatic carbocycles. The van der Waals surface area contributed by atoms with E-state index in [0.717, 1.165) is 0 Å². The summed E-state index contributed by atoms with van der Waals surface area (Å²) in [7, 11) is 1.31. The standard InChI is InChI=1S/C13H15N3O4/c1-3-15(7-6-13(17)20-2)11-5-4-10(9-14)12(8-11)16(18)19/h4-5,8H,3,6-7H2,1-2H3. The zero-order chi connectivity index (χ0) is 15.1. The van der Waals surface area contributed by atoms with Crippen molar-refractivity contribution in [1.29, 1.82) is 5.26 Å². The molecule has 0 amide bonds. The van der Waals surface area contributed by atoms with Crippen LogP contribution in [0.2, 0.25) is 0 Å². The Morgan fingerprint density at radius 3 is 2.75 bits per heavy atom. The molecule has 0 N–H and O–H groups in total. The van der Waals surface area contributed by atoms with Crippen molar-refractivity contribution in [2.45, 2.75) is 13.3 Å². The van der Waals surface area contributed by atoms with E-state index in [-0.39, 0.29) is 23.6 Å². The third-order valence-electron chi connectivity index (χ3n) is 2.86. The highest BCUT2D eigenvalue weighted by Gasteiger charge is 2.17. The third-order valence-corrected chi connectivity index (χ3v) is 2.86. The van der Waals surface area contributed by atoms with E-state index in [4.69, 9.17) is 5.26 Å². The van der Waals surface area contributed by atoms with Crippen LogP contribution in [0.25, 0.3) is 0 Å². The van der Waals surface area contributed by atoms with Crippen LogP contribution in [0.15, 0.2) is 18.2 Å². The fraction of sp³-hybridized carbons (Fsp3) is 0.385. The molecule has 0 spiro atoms. The molecule has 0 saturated heterocycles. The van der Waals surface area contributed by atoms with E-state index < -0.39 is 4.92 Å². The van der Waals surface area contributed by atoms with E-state index in [1.165, 1.54) is 19.2 Å². The molecule has 0 aliphatic rings. The highest BCUT2D eigenvalue weighted by atomic mass is 16.6. The second kappa shape index (κ2) is 7.09. The molecule has 0 radical (unpaired) electrons. The first kappa shape index (κ1) is 15.4.